The van der Waals surface area contributed by atoms with Gasteiger partial charge in [-0.3, -0.25) is 9.69 Å². The lowest BCUT2D eigenvalue weighted by Gasteiger charge is -2.35. The van der Waals surface area contributed by atoms with Crippen LogP contribution in [0.4, 0.5) is 0 Å². The number of ether oxygens (including phenoxy) is 1. The quantitative estimate of drug-likeness (QED) is 0.547. The Morgan fingerprint density at radius 2 is 1.74 bits per heavy atom. The summed E-state index contributed by atoms with van der Waals surface area (Å²) in [6.07, 6.45) is 1.72. The molecule has 1 atom stereocenters. The molecule has 1 amide bonds. The van der Waals surface area contributed by atoms with E-state index in [-0.39, 0.29) is 23.5 Å². The summed E-state index contributed by atoms with van der Waals surface area (Å²) in [6, 6.07) is 21.1. The first-order valence-electron chi connectivity index (χ1n) is 12.2. The number of hydrogen-bond acceptors (Lipinski definition) is 5. The van der Waals surface area contributed by atoms with Crippen LogP contribution in [-0.2, 0) is 21.3 Å². The Morgan fingerprint density at radius 3 is 2.54 bits per heavy atom. The molecular weight excluding hydrogens is 462 g/mol. The number of amides is 1. The SMILES string of the molecule is O=C(c1cccc(S(=O)(=O)NCC2CCCO2)c1)N1CCN(Cc2cccc3ccccc23)CC1. The summed E-state index contributed by atoms with van der Waals surface area (Å²) in [7, 11) is -3.70. The molecule has 1 N–H and O–H groups in total. The maximum Gasteiger partial charge on any atom is 0.253 e. The molecule has 3 aromatic carbocycles. The molecule has 184 valence electrons. The molecule has 7 nitrogen and oxygen atoms in total. The van der Waals surface area contributed by atoms with Crippen molar-refractivity contribution in [1.29, 1.82) is 0 Å². The fourth-order valence-corrected chi connectivity index (χ4v) is 5.96. The van der Waals surface area contributed by atoms with Gasteiger partial charge in [-0.05, 0) is 47.4 Å². The van der Waals surface area contributed by atoms with Crippen molar-refractivity contribution in [2.45, 2.75) is 30.4 Å². The zero-order valence-electron chi connectivity index (χ0n) is 19.7. The molecule has 0 spiro atoms. The average molecular weight is 494 g/mol. The monoisotopic (exact) mass is 493 g/mol. The van der Waals surface area contributed by atoms with Gasteiger partial charge >= 0.3 is 0 Å². The van der Waals surface area contributed by atoms with Gasteiger partial charge in [0.2, 0.25) is 10.0 Å². The van der Waals surface area contributed by atoms with E-state index in [1.165, 1.54) is 28.5 Å². The minimum Gasteiger partial charge on any atom is -0.377 e. The summed E-state index contributed by atoms with van der Waals surface area (Å²) < 4.78 is 33.6. The van der Waals surface area contributed by atoms with Crippen molar-refractivity contribution in [3.63, 3.8) is 0 Å². The second-order valence-corrected chi connectivity index (χ2v) is 11.0. The van der Waals surface area contributed by atoms with Crippen LogP contribution >= 0.6 is 0 Å². The molecule has 0 aromatic heterocycles. The van der Waals surface area contributed by atoms with E-state index >= 15 is 0 Å². The van der Waals surface area contributed by atoms with E-state index in [1.54, 1.807) is 12.1 Å². The van der Waals surface area contributed by atoms with Crippen LogP contribution in [0, 0.1) is 0 Å². The van der Waals surface area contributed by atoms with Crippen LogP contribution in [0.25, 0.3) is 10.8 Å². The van der Waals surface area contributed by atoms with Crippen LogP contribution in [0.2, 0.25) is 0 Å². The lowest BCUT2D eigenvalue weighted by atomic mass is 10.0. The molecule has 2 aliphatic rings. The average Bonchev–Trinajstić information content (AvgIpc) is 3.42. The van der Waals surface area contributed by atoms with Gasteiger partial charge in [-0.2, -0.15) is 0 Å². The highest BCUT2D eigenvalue weighted by Crippen LogP contribution is 2.21. The van der Waals surface area contributed by atoms with E-state index in [0.29, 0.717) is 25.3 Å². The van der Waals surface area contributed by atoms with Crippen molar-refractivity contribution in [3.05, 3.63) is 77.9 Å². The highest BCUT2D eigenvalue weighted by atomic mass is 32.2. The minimum atomic E-state index is -3.70. The normalized spacial score (nSPS) is 19.3. The number of carbonyl (C=O) groups is 1. The largest absolute Gasteiger partial charge is 0.377 e. The van der Waals surface area contributed by atoms with Gasteiger partial charge in [0.05, 0.1) is 11.0 Å². The van der Waals surface area contributed by atoms with Crippen molar-refractivity contribution in [2.75, 3.05) is 39.3 Å². The van der Waals surface area contributed by atoms with E-state index in [1.807, 2.05) is 4.90 Å². The highest BCUT2D eigenvalue weighted by Gasteiger charge is 2.25. The third-order valence-corrected chi connectivity index (χ3v) is 8.27. The van der Waals surface area contributed by atoms with Crippen LogP contribution in [-0.4, -0.2) is 69.6 Å². The number of piperazine rings is 1. The Balaban J connectivity index is 1.20. The Morgan fingerprint density at radius 1 is 0.971 bits per heavy atom. The highest BCUT2D eigenvalue weighted by molar-refractivity contribution is 7.89. The third kappa shape index (κ3) is 5.56. The molecule has 3 aromatic rings. The first-order valence-corrected chi connectivity index (χ1v) is 13.7. The Bertz CT molecular complexity index is 1290. The molecule has 0 bridgehead atoms. The molecule has 2 heterocycles. The van der Waals surface area contributed by atoms with E-state index in [9.17, 15) is 13.2 Å². The fraction of sp³-hybridized carbons (Fsp3) is 0.370. The summed E-state index contributed by atoms with van der Waals surface area (Å²) in [4.78, 5) is 17.4. The van der Waals surface area contributed by atoms with Crippen molar-refractivity contribution >= 4 is 26.7 Å². The second-order valence-electron chi connectivity index (χ2n) is 9.22. The predicted octanol–water partition coefficient (Wildman–Crippen LogP) is 3.26. The molecule has 2 saturated heterocycles. The number of fused-ring (bicyclic) bond motifs is 1. The van der Waals surface area contributed by atoms with Crippen molar-refractivity contribution in [3.8, 4) is 0 Å². The standard InChI is InChI=1S/C27H31N3O4S/c31-27(22-8-4-11-25(18-22)35(32,33)28-19-24-10-5-17-34-24)30-15-13-29(14-16-30)20-23-9-3-7-21-6-1-2-12-26(21)23/h1-4,6-9,11-12,18,24,28H,5,10,13-17,19-20H2. The number of rotatable bonds is 7. The fourth-order valence-electron chi connectivity index (χ4n) is 4.85. The number of nitrogens with one attached hydrogen (secondary N) is 1. The molecule has 2 aliphatic heterocycles. The van der Waals surface area contributed by atoms with Gasteiger partial charge < -0.3 is 9.64 Å². The Labute approximate surface area is 206 Å². The number of hydrogen-bond donors (Lipinski definition) is 1. The Hall–Kier alpha value is -2.78. The van der Waals surface area contributed by atoms with Gasteiger partial charge in [0.25, 0.3) is 5.91 Å². The summed E-state index contributed by atoms with van der Waals surface area (Å²) in [6.45, 7) is 4.53. The van der Waals surface area contributed by atoms with E-state index < -0.39 is 10.0 Å². The molecule has 0 aliphatic carbocycles. The van der Waals surface area contributed by atoms with Gasteiger partial charge in [-0.1, -0.05) is 48.5 Å². The van der Waals surface area contributed by atoms with Crippen LogP contribution < -0.4 is 4.72 Å². The number of carbonyl (C=O) groups excluding carboxylic acids is 1. The summed E-state index contributed by atoms with van der Waals surface area (Å²) in [5.41, 5.74) is 1.68. The molecule has 5 rings (SSSR count). The van der Waals surface area contributed by atoms with E-state index in [0.717, 1.165) is 32.5 Å². The first-order chi connectivity index (χ1) is 17.0. The van der Waals surface area contributed by atoms with Gasteiger partial charge in [-0.15, -0.1) is 0 Å². The van der Waals surface area contributed by atoms with Crippen LogP contribution in [0.3, 0.4) is 0 Å². The van der Waals surface area contributed by atoms with Crippen LogP contribution in [0.15, 0.2) is 71.6 Å². The minimum absolute atomic E-state index is 0.0836. The molecular formula is C27H31N3O4S. The summed E-state index contributed by atoms with van der Waals surface area (Å²) in [5, 5.41) is 2.50. The maximum atomic E-state index is 13.2. The van der Waals surface area contributed by atoms with Crippen molar-refractivity contribution < 1.29 is 17.9 Å². The van der Waals surface area contributed by atoms with Crippen molar-refractivity contribution in [1.82, 2.24) is 14.5 Å². The molecule has 1 unspecified atom stereocenters. The maximum absolute atomic E-state index is 13.2. The zero-order valence-corrected chi connectivity index (χ0v) is 20.5. The van der Waals surface area contributed by atoms with Crippen LogP contribution in [0.1, 0.15) is 28.8 Å². The predicted molar refractivity (Wildman–Crippen MR) is 136 cm³/mol. The molecule has 8 heteroatoms. The zero-order chi connectivity index (χ0) is 24.3. The van der Waals surface area contributed by atoms with E-state index in [4.69, 9.17) is 4.74 Å². The third-order valence-electron chi connectivity index (χ3n) is 6.85. The van der Waals surface area contributed by atoms with Gasteiger partial charge in [-0.25, -0.2) is 13.1 Å². The molecule has 0 saturated carbocycles. The summed E-state index contributed by atoms with van der Waals surface area (Å²) >= 11 is 0. The lowest BCUT2D eigenvalue weighted by molar-refractivity contribution is 0.0628. The Kier molecular flexibility index (Phi) is 7.15. The molecule has 2 fully saturated rings. The number of sulfonamides is 1. The van der Waals surface area contributed by atoms with Crippen molar-refractivity contribution in [2.24, 2.45) is 0 Å². The van der Waals surface area contributed by atoms with Gasteiger partial charge in [0, 0.05) is 51.4 Å². The van der Waals surface area contributed by atoms with E-state index in [2.05, 4.69) is 52.1 Å². The first kappa shape index (κ1) is 23.9. The van der Waals surface area contributed by atoms with Gasteiger partial charge in [0.15, 0.2) is 0 Å². The second kappa shape index (κ2) is 10.5. The number of nitrogens with zero attached hydrogens (tertiary/aromatic N) is 2. The smallest absolute Gasteiger partial charge is 0.253 e. The van der Waals surface area contributed by atoms with Gasteiger partial charge in [0.1, 0.15) is 0 Å². The van der Waals surface area contributed by atoms with Crippen LogP contribution in [0.5, 0.6) is 0 Å². The molecule has 35 heavy (non-hydrogen) atoms. The lowest BCUT2D eigenvalue weighted by Crippen LogP contribution is -2.48. The number of benzene rings is 3. The summed E-state index contributed by atoms with van der Waals surface area (Å²) in [5.74, 6) is -0.133. The molecule has 0 radical (unpaired) electrons. The topological polar surface area (TPSA) is 78.9 Å².